The van der Waals surface area contributed by atoms with Crippen LogP contribution in [0.2, 0.25) is 0 Å². The summed E-state index contributed by atoms with van der Waals surface area (Å²) in [5.74, 6) is 0.914. The highest BCUT2D eigenvalue weighted by Crippen LogP contribution is 1.98. The maximum atomic E-state index is 11.6. The number of nitrogens with one attached hydrogen (secondary N) is 1. The third-order valence-corrected chi connectivity index (χ3v) is 2.37. The molecule has 0 aliphatic heterocycles. The number of amides is 1. The molecule has 1 rings (SSSR count). The van der Waals surface area contributed by atoms with E-state index < -0.39 is 0 Å². The minimum absolute atomic E-state index is 0.0566. The molecule has 0 unspecified atom stereocenters. The molecular formula is C11H20N4O2. The summed E-state index contributed by atoms with van der Waals surface area (Å²) < 4.78 is 6.79. The van der Waals surface area contributed by atoms with Crippen LogP contribution in [0.1, 0.15) is 5.82 Å². The van der Waals surface area contributed by atoms with Crippen LogP contribution in [-0.4, -0.2) is 54.7 Å². The van der Waals surface area contributed by atoms with Crippen LogP contribution in [0, 0.1) is 0 Å². The number of aromatic nitrogens is 2. The lowest BCUT2D eigenvalue weighted by molar-refractivity contribution is -0.129. The second-order valence-electron chi connectivity index (χ2n) is 3.93. The van der Waals surface area contributed by atoms with Crippen molar-refractivity contribution in [2.45, 2.75) is 13.1 Å². The number of carbonyl (C=O) groups is 1. The van der Waals surface area contributed by atoms with E-state index in [0.717, 1.165) is 12.4 Å². The van der Waals surface area contributed by atoms with Crippen LogP contribution in [0.15, 0.2) is 12.4 Å². The Kier molecular flexibility index (Phi) is 5.65. The van der Waals surface area contributed by atoms with E-state index in [4.69, 9.17) is 4.74 Å². The fourth-order valence-corrected chi connectivity index (χ4v) is 1.31. The first-order valence-electron chi connectivity index (χ1n) is 5.55. The molecule has 0 aliphatic rings. The maximum Gasteiger partial charge on any atom is 0.242 e. The van der Waals surface area contributed by atoms with Crippen LogP contribution < -0.4 is 5.32 Å². The van der Waals surface area contributed by atoms with Gasteiger partial charge >= 0.3 is 0 Å². The number of ether oxygens (including phenoxy) is 1. The van der Waals surface area contributed by atoms with E-state index in [1.54, 1.807) is 32.3 Å². The Bertz CT molecular complexity index is 349. The molecule has 0 aliphatic carbocycles. The normalized spacial score (nSPS) is 10.5. The van der Waals surface area contributed by atoms with Crippen LogP contribution in [0.5, 0.6) is 0 Å². The number of carbonyl (C=O) groups excluding carboxylic acids is 1. The van der Waals surface area contributed by atoms with Gasteiger partial charge in [0, 0.05) is 40.1 Å². The zero-order chi connectivity index (χ0) is 12.7. The summed E-state index contributed by atoms with van der Waals surface area (Å²) in [4.78, 5) is 17.4. The summed E-state index contributed by atoms with van der Waals surface area (Å²) in [6.07, 6.45) is 3.52. The van der Waals surface area contributed by atoms with Crippen LogP contribution in [0.4, 0.5) is 0 Å². The molecule has 1 aromatic rings. The van der Waals surface area contributed by atoms with E-state index >= 15 is 0 Å². The van der Waals surface area contributed by atoms with Gasteiger partial charge in [-0.1, -0.05) is 0 Å². The van der Waals surface area contributed by atoms with E-state index in [-0.39, 0.29) is 5.91 Å². The molecule has 0 saturated heterocycles. The first-order chi connectivity index (χ1) is 8.15. The monoisotopic (exact) mass is 240 g/mol. The molecule has 1 amide bonds. The molecule has 6 heteroatoms. The van der Waals surface area contributed by atoms with Gasteiger partial charge in [0.1, 0.15) is 12.4 Å². The van der Waals surface area contributed by atoms with Gasteiger partial charge in [-0.05, 0) is 0 Å². The van der Waals surface area contributed by atoms with Crippen molar-refractivity contribution in [2.75, 3.05) is 34.4 Å². The predicted octanol–water partition coefficient (Wildman–Crippen LogP) is -0.293. The summed E-state index contributed by atoms with van der Waals surface area (Å²) in [6.45, 7) is 2.40. The average Bonchev–Trinajstić information content (AvgIpc) is 2.72. The summed E-state index contributed by atoms with van der Waals surface area (Å²) in [7, 11) is 5.16. The molecule has 0 saturated carbocycles. The number of hydrogen-bond acceptors (Lipinski definition) is 4. The highest BCUT2D eigenvalue weighted by Gasteiger charge is 2.08. The van der Waals surface area contributed by atoms with Crippen molar-refractivity contribution in [3.05, 3.63) is 18.2 Å². The Labute approximate surface area is 102 Å². The number of nitrogens with zero attached hydrogens (tertiary/aromatic N) is 3. The molecule has 17 heavy (non-hydrogen) atoms. The van der Waals surface area contributed by atoms with Gasteiger partial charge in [0.25, 0.3) is 0 Å². The van der Waals surface area contributed by atoms with Gasteiger partial charge in [0.15, 0.2) is 0 Å². The Morgan fingerprint density at radius 2 is 2.35 bits per heavy atom. The maximum absolute atomic E-state index is 11.6. The summed E-state index contributed by atoms with van der Waals surface area (Å²) in [5.41, 5.74) is 0. The van der Waals surface area contributed by atoms with Gasteiger partial charge in [-0.15, -0.1) is 0 Å². The Morgan fingerprint density at radius 1 is 1.59 bits per heavy atom. The van der Waals surface area contributed by atoms with E-state index in [1.807, 2.05) is 10.8 Å². The zero-order valence-corrected chi connectivity index (χ0v) is 10.6. The van der Waals surface area contributed by atoms with Gasteiger partial charge in [-0.25, -0.2) is 4.98 Å². The summed E-state index contributed by atoms with van der Waals surface area (Å²) >= 11 is 0. The van der Waals surface area contributed by atoms with Gasteiger partial charge in [0.2, 0.25) is 5.91 Å². The standard InChI is InChI=1S/C11H20N4O2/c1-14(2)11(16)9-15-6-4-13-10(15)8-12-5-7-17-3/h4,6,12H,5,7-9H2,1-3H3. The molecule has 0 bridgehead atoms. The molecule has 1 heterocycles. The molecule has 0 aromatic carbocycles. The third-order valence-electron chi connectivity index (χ3n) is 2.37. The Balaban J connectivity index is 2.45. The van der Waals surface area contributed by atoms with Crippen molar-refractivity contribution in [3.8, 4) is 0 Å². The lowest BCUT2D eigenvalue weighted by atomic mass is 10.5. The molecule has 0 spiro atoms. The fourth-order valence-electron chi connectivity index (χ4n) is 1.31. The number of likely N-dealkylation sites (N-methyl/N-ethyl adjacent to an activating group) is 1. The molecule has 0 radical (unpaired) electrons. The van der Waals surface area contributed by atoms with Crippen molar-refractivity contribution in [1.82, 2.24) is 19.8 Å². The van der Waals surface area contributed by atoms with Crippen LogP contribution >= 0.6 is 0 Å². The second-order valence-corrected chi connectivity index (χ2v) is 3.93. The van der Waals surface area contributed by atoms with Gasteiger partial charge in [-0.2, -0.15) is 0 Å². The summed E-state index contributed by atoms with van der Waals surface area (Å²) in [6, 6.07) is 0. The number of rotatable bonds is 7. The second kappa shape index (κ2) is 7.03. The minimum atomic E-state index is 0.0566. The smallest absolute Gasteiger partial charge is 0.242 e. The van der Waals surface area contributed by atoms with E-state index in [0.29, 0.717) is 19.7 Å². The Morgan fingerprint density at radius 3 is 3.00 bits per heavy atom. The van der Waals surface area contributed by atoms with Crippen LogP contribution in [0.25, 0.3) is 0 Å². The van der Waals surface area contributed by atoms with E-state index in [9.17, 15) is 4.79 Å². The van der Waals surface area contributed by atoms with Gasteiger partial charge in [-0.3, -0.25) is 4.79 Å². The van der Waals surface area contributed by atoms with Crippen LogP contribution in [0.3, 0.4) is 0 Å². The number of imidazole rings is 1. The SMILES string of the molecule is COCCNCc1nccn1CC(=O)N(C)C. The lowest BCUT2D eigenvalue weighted by Gasteiger charge is -2.12. The molecule has 1 aromatic heterocycles. The molecule has 6 nitrogen and oxygen atoms in total. The first kappa shape index (κ1) is 13.7. The van der Waals surface area contributed by atoms with E-state index in [1.165, 1.54) is 0 Å². The number of methoxy groups -OCH3 is 1. The van der Waals surface area contributed by atoms with Crippen molar-refractivity contribution in [2.24, 2.45) is 0 Å². The topological polar surface area (TPSA) is 59.4 Å². The molecular weight excluding hydrogens is 220 g/mol. The van der Waals surface area contributed by atoms with Crippen molar-refractivity contribution in [1.29, 1.82) is 0 Å². The largest absolute Gasteiger partial charge is 0.383 e. The minimum Gasteiger partial charge on any atom is -0.383 e. The summed E-state index contributed by atoms with van der Waals surface area (Å²) in [5, 5.41) is 3.20. The highest BCUT2D eigenvalue weighted by atomic mass is 16.5. The molecule has 1 N–H and O–H groups in total. The zero-order valence-electron chi connectivity index (χ0n) is 10.6. The van der Waals surface area contributed by atoms with Crippen molar-refractivity contribution >= 4 is 5.91 Å². The van der Waals surface area contributed by atoms with Crippen LogP contribution in [-0.2, 0) is 22.6 Å². The fraction of sp³-hybridized carbons (Fsp3) is 0.636. The van der Waals surface area contributed by atoms with E-state index in [2.05, 4.69) is 10.3 Å². The lowest BCUT2D eigenvalue weighted by Crippen LogP contribution is -2.28. The Hall–Kier alpha value is -1.40. The average molecular weight is 240 g/mol. The molecule has 0 fully saturated rings. The highest BCUT2D eigenvalue weighted by molar-refractivity contribution is 5.75. The van der Waals surface area contributed by atoms with Gasteiger partial charge in [0.05, 0.1) is 13.2 Å². The molecule has 0 atom stereocenters. The third kappa shape index (κ3) is 4.54. The van der Waals surface area contributed by atoms with Crippen molar-refractivity contribution in [3.63, 3.8) is 0 Å². The van der Waals surface area contributed by atoms with Crippen molar-refractivity contribution < 1.29 is 9.53 Å². The first-order valence-corrected chi connectivity index (χ1v) is 5.55. The predicted molar refractivity (Wildman–Crippen MR) is 64.5 cm³/mol. The quantitative estimate of drug-likeness (QED) is 0.665. The molecule has 96 valence electrons. The van der Waals surface area contributed by atoms with Gasteiger partial charge < -0.3 is 19.5 Å². The number of hydrogen-bond donors (Lipinski definition) is 1.